The second-order valence-corrected chi connectivity index (χ2v) is 3.61. The van der Waals surface area contributed by atoms with Gasteiger partial charge in [-0.25, -0.2) is 4.98 Å². The number of aliphatic hydroxyl groups excluding tert-OH is 1. The fourth-order valence-corrected chi connectivity index (χ4v) is 1.91. The van der Waals surface area contributed by atoms with Gasteiger partial charge >= 0.3 is 0 Å². The molecule has 0 aliphatic heterocycles. The van der Waals surface area contributed by atoms with E-state index in [0.717, 1.165) is 10.3 Å². The first-order valence-electron chi connectivity index (χ1n) is 3.57. The van der Waals surface area contributed by atoms with Crippen molar-refractivity contribution in [2.45, 2.75) is 18.5 Å². The van der Waals surface area contributed by atoms with Gasteiger partial charge in [-0.15, -0.1) is 11.3 Å². The van der Waals surface area contributed by atoms with Gasteiger partial charge in [-0.05, 0) is 6.92 Å². The summed E-state index contributed by atoms with van der Waals surface area (Å²) >= 11 is 4.79. The normalized spacial score (nSPS) is 13.2. The quantitative estimate of drug-likeness (QED) is 0.658. The highest BCUT2D eigenvalue weighted by molar-refractivity contribution is 9.08. The molecule has 0 saturated carbocycles. The van der Waals surface area contributed by atoms with Crippen molar-refractivity contribution in [3.8, 4) is 0 Å². The molecule has 0 spiro atoms. The monoisotopic (exact) mass is 251 g/mol. The lowest BCUT2D eigenvalue weighted by molar-refractivity contribution is -0.100. The molecule has 5 heteroatoms. The third-order valence-corrected chi connectivity index (χ3v) is 3.03. The van der Waals surface area contributed by atoms with Gasteiger partial charge in [-0.2, -0.15) is 0 Å². The zero-order valence-corrected chi connectivity index (χ0v) is 9.06. The Morgan fingerprint density at radius 2 is 2.58 bits per heavy atom. The third kappa shape index (κ3) is 2.52. The van der Waals surface area contributed by atoms with E-state index >= 15 is 0 Å². The molecule has 1 rings (SSSR count). The van der Waals surface area contributed by atoms with Crippen molar-refractivity contribution in [1.29, 1.82) is 0 Å². The number of ether oxygens (including phenoxy) is 1. The topological polar surface area (TPSA) is 42.4 Å². The van der Waals surface area contributed by atoms with Crippen molar-refractivity contribution in [2.75, 3.05) is 6.61 Å². The highest BCUT2D eigenvalue weighted by atomic mass is 79.9. The summed E-state index contributed by atoms with van der Waals surface area (Å²) in [6.45, 7) is 2.32. The van der Waals surface area contributed by atoms with Crippen LogP contribution in [0.2, 0.25) is 0 Å². The van der Waals surface area contributed by atoms with Crippen LogP contribution < -0.4 is 0 Å². The molecule has 1 aromatic rings. The van der Waals surface area contributed by atoms with E-state index in [4.69, 9.17) is 4.74 Å². The van der Waals surface area contributed by atoms with Crippen molar-refractivity contribution < 1.29 is 9.84 Å². The summed E-state index contributed by atoms with van der Waals surface area (Å²) in [4.78, 5) is 4.14. The molecular formula is C7H10BrNO2S. The maximum Gasteiger partial charge on any atom is 0.199 e. The molecule has 0 bridgehead atoms. The Kier molecular flexibility index (Phi) is 4.14. The molecule has 68 valence electrons. The minimum Gasteiger partial charge on any atom is -0.363 e. The Balaban J connectivity index is 2.61. The minimum atomic E-state index is -0.876. The zero-order valence-electron chi connectivity index (χ0n) is 6.66. The van der Waals surface area contributed by atoms with Crippen LogP contribution in [0.4, 0.5) is 0 Å². The van der Waals surface area contributed by atoms with Gasteiger partial charge in [0.25, 0.3) is 0 Å². The van der Waals surface area contributed by atoms with Crippen LogP contribution >= 0.6 is 27.3 Å². The maximum absolute atomic E-state index is 9.34. The van der Waals surface area contributed by atoms with E-state index < -0.39 is 6.29 Å². The van der Waals surface area contributed by atoms with Crippen LogP contribution in [0.25, 0.3) is 0 Å². The molecule has 0 saturated heterocycles. The van der Waals surface area contributed by atoms with Gasteiger partial charge in [0, 0.05) is 12.0 Å². The molecule has 1 heterocycles. The number of thiazole rings is 1. The molecule has 3 nitrogen and oxygen atoms in total. The molecule has 12 heavy (non-hydrogen) atoms. The average Bonchev–Trinajstić information content (AvgIpc) is 2.52. The minimum absolute atomic E-state index is 0.488. The molecule has 1 N–H and O–H groups in total. The standard InChI is InChI=1S/C7H10BrNO2S/c1-2-11-7(10)5-4-12-6(3-8)9-5/h4,7,10H,2-3H2,1H3. The fraction of sp³-hybridized carbons (Fsp3) is 0.571. The highest BCUT2D eigenvalue weighted by Crippen LogP contribution is 2.19. The molecule has 1 unspecified atom stereocenters. The van der Waals surface area contributed by atoms with Gasteiger partial charge in [0.15, 0.2) is 6.29 Å². The molecule has 1 atom stereocenters. The molecule has 0 amide bonds. The molecule has 1 aromatic heterocycles. The summed E-state index contributed by atoms with van der Waals surface area (Å²) in [6.07, 6.45) is -0.876. The number of aliphatic hydroxyl groups is 1. The number of aromatic nitrogens is 1. The summed E-state index contributed by atoms with van der Waals surface area (Å²) < 4.78 is 4.97. The van der Waals surface area contributed by atoms with E-state index in [1.54, 1.807) is 5.38 Å². The van der Waals surface area contributed by atoms with Gasteiger partial charge in [-0.3, -0.25) is 0 Å². The Morgan fingerprint density at radius 3 is 3.08 bits per heavy atom. The Bertz CT molecular complexity index is 241. The summed E-state index contributed by atoms with van der Waals surface area (Å²) in [5, 5.41) is 12.8. The average molecular weight is 252 g/mol. The van der Waals surface area contributed by atoms with Crippen LogP contribution in [0.15, 0.2) is 5.38 Å². The molecule has 0 radical (unpaired) electrons. The van der Waals surface area contributed by atoms with Crippen molar-refractivity contribution in [3.05, 3.63) is 16.1 Å². The van der Waals surface area contributed by atoms with Crippen LogP contribution in [-0.4, -0.2) is 16.7 Å². The van der Waals surface area contributed by atoms with Crippen LogP contribution in [0.3, 0.4) is 0 Å². The number of hydrogen-bond acceptors (Lipinski definition) is 4. The van der Waals surface area contributed by atoms with E-state index in [1.807, 2.05) is 6.92 Å². The number of halogens is 1. The van der Waals surface area contributed by atoms with Gasteiger partial charge in [0.2, 0.25) is 0 Å². The van der Waals surface area contributed by atoms with Crippen molar-refractivity contribution in [3.63, 3.8) is 0 Å². The second-order valence-electron chi connectivity index (χ2n) is 2.11. The third-order valence-electron chi connectivity index (χ3n) is 1.26. The maximum atomic E-state index is 9.34. The zero-order chi connectivity index (χ0) is 8.97. The second kappa shape index (κ2) is 4.91. The molecule has 0 aliphatic carbocycles. The SMILES string of the molecule is CCOC(O)c1csc(CBr)n1. The lowest BCUT2D eigenvalue weighted by Crippen LogP contribution is -2.02. The van der Waals surface area contributed by atoms with E-state index in [-0.39, 0.29) is 0 Å². The van der Waals surface area contributed by atoms with Gasteiger partial charge in [0.1, 0.15) is 10.7 Å². The fourth-order valence-electron chi connectivity index (χ4n) is 0.743. The predicted molar refractivity (Wildman–Crippen MR) is 51.3 cm³/mol. The van der Waals surface area contributed by atoms with Gasteiger partial charge in [0.05, 0.1) is 5.33 Å². The first-order valence-corrected chi connectivity index (χ1v) is 5.58. The first-order chi connectivity index (χ1) is 5.77. The summed E-state index contributed by atoms with van der Waals surface area (Å²) in [5.41, 5.74) is 0.594. The van der Waals surface area contributed by atoms with Crippen LogP contribution in [0.5, 0.6) is 0 Å². The van der Waals surface area contributed by atoms with Crippen molar-refractivity contribution in [1.82, 2.24) is 4.98 Å². The lowest BCUT2D eigenvalue weighted by Gasteiger charge is -2.05. The van der Waals surface area contributed by atoms with E-state index in [9.17, 15) is 5.11 Å². The molecule has 0 aromatic carbocycles. The Labute approximate surface area is 83.5 Å². The smallest absolute Gasteiger partial charge is 0.199 e. The molecule has 0 aliphatic rings. The predicted octanol–water partition coefficient (Wildman–Crippen LogP) is 2.07. The van der Waals surface area contributed by atoms with Crippen molar-refractivity contribution >= 4 is 27.3 Å². The number of hydrogen-bond donors (Lipinski definition) is 1. The van der Waals surface area contributed by atoms with E-state index in [0.29, 0.717) is 12.3 Å². The van der Waals surface area contributed by atoms with E-state index in [1.165, 1.54) is 11.3 Å². The van der Waals surface area contributed by atoms with Crippen molar-refractivity contribution in [2.24, 2.45) is 0 Å². The van der Waals surface area contributed by atoms with Crippen LogP contribution in [-0.2, 0) is 10.1 Å². The van der Waals surface area contributed by atoms with E-state index in [2.05, 4.69) is 20.9 Å². The number of nitrogens with zero attached hydrogens (tertiary/aromatic N) is 1. The van der Waals surface area contributed by atoms with Crippen LogP contribution in [0.1, 0.15) is 23.9 Å². The number of alkyl halides is 1. The molecular weight excluding hydrogens is 242 g/mol. The first kappa shape index (κ1) is 10.1. The Morgan fingerprint density at radius 1 is 1.83 bits per heavy atom. The van der Waals surface area contributed by atoms with Crippen LogP contribution in [0, 0.1) is 0 Å². The van der Waals surface area contributed by atoms with Gasteiger partial charge < -0.3 is 9.84 Å². The largest absolute Gasteiger partial charge is 0.363 e. The highest BCUT2D eigenvalue weighted by Gasteiger charge is 2.10. The Hall–Kier alpha value is 0.0300. The summed E-state index contributed by atoms with van der Waals surface area (Å²) in [6, 6.07) is 0. The summed E-state index contributed by atoms with van der Waals surface area (Å²) in [7, 11) is 0. The summed E-state index contributed by atoms with van der Waals surface area (Å²) in [5.74, 6) is 0. The van der Waals surface area contributed by atoms with Gasteiger partial charge in [-0.1, -0.05) is 15.9 Å². The lowest BCUT2D eigenvalue weighted by atomic mass is 10.5. The molecule has 0 fully saturated rings. The number of rotatable bonds is 4.